The second kappa shape index (κ2) is 7.09. The highest BCUT2D eigenvalue weighted by molar-refractivity contribution is 5.65. The van der Waals surface area contributed by atoms with Gasteiger partial charge in [0.2, 0.25) is 0 Å². The Morgan fingerprint density at radius 1 is 1.27 bits per heavy atom. The average molecular weight is 312 g/mol. The molecule has 2 saturated heterocycles. The van der Waals surface area contributed by atoms with E-state index in [1.807, 2.05) is 13.8 Å². The summed E-state index contributed by atoms with van der Waals surface area (Å²) in [5, 5.41) is 0. The van der Waals surface area contributed by atoms with E-state index in [0.29, 0.717) is 12.5 Å². The van der Waals surface area contributed by atoms with E-state index in [1.165, 1.54) is 6.92 Å². The van der Waals surface area contributed by atoms with Gasteiger partial charge in [0.15, 0.2) is 5.79 Å². The maximum Gasteiger partial charge on any atom is 0.302 e. The van der Waals surface area contributed by atoms with Gasteiger partial charge in [-0.2, -0.15) is 0 Å². The predicted octanol–water partition coefficient (Wildman–Crippen LogP) is 2.71. The molecule has 2 aliphatic rings. The predicted molar refractivity (Wildman–Crippen MR) is 81.1 cm³/mol. The van der Waals surface area contributed by atoms with E-state index < -0.39 is 5.79 Å². The van der Waals surface area contributed by atoms with Crippen LogP contribution >= 0.6 is 0 Å². The number of aldehydes is 1. The maximum atomic E-state index is 11.2. The van der Waals surface area contributed by atoms with Crippen molar-refractivity contribution in [1.29, 1.82) is 0 Å². The minimum absolute atomic E-state index is 0.0196. The molecule has 1 spiro atoms. The van der Waals surface area contributed by atoms with Crippen molar-refractivity contribution in [3.8, 4) is 0 Å². The van der Waals surface area contributed by atoms with Crippen LogP contribution in [0.1, 0.15) is 53.4 Å². The lowest BCUT2D eigenvalue weighted by molar-refractivity contribution is -0.330. The van der Waals surface area contributed by atoms with Crippen molar-refractivity contribution in [3.05, 3.63) is 0 Å². The summed E-state index contributed by atoms with van der Waals surface area (Å²) in [7, 11) is 0. The summed E-state index contributed by atoms with van der Waals surface area (Å²) >= 11 is 0. The van der Waals surface area contributed by atoms with Crippen LogP contribution in [0.4, 0.5) is 0 Å². The molecule has 0 aliphatic carbocycles. The highest BCUT2D eigenvalue weighted by atomic mass is 16.7. The Hall–Kier alpha value is -0.940. The Morgan fingerprint density at radius 2 is 1.91 bits per heavy atom. The fourth-order valence-corrected chi connectivity index (χ4v) is 3.52. The number of carbonyl (C=O) groups is 2. The van der Waals surface area contributed by atoms with Gasteiger partial charge < -0.3 is 19.0 Å². The highest BCUT2D eigenvalue weighted by Crippen LogP contribution is 2.43. The molecule has 5 heteroatoms. The largest absolute Gasteiger partial charge is 0.465 e. The molecule has 2 heterocycles. The van der Waals surface area contributed by atoms with E-state index in [2.05, 4.69) is 6.92 Å². The van der Waals surface area contributed by atoms with Crippen molar-refractivity contribution >= 4 is 12.3 Å². The minimum Gasteiger partial charge on any atom is -0.465 e. The SMILES string of the molecule is CC(=O)OC[C@@H](C)[C@@H]1O[C@]2(CC[C@@H](C)[C@H](C=O)O2)CC[C@@H]1C. The molecule has 0 saturated carbocycles. The third-order valence-corrected chi connectivity index (χ3v) is 5.03. The van der Waals surface area contributed by atoms with Gasteiger partial charge in [-0.3, -0.25) is 4.79 Å². The second-order valence-corrected chi connectivity index (χ2v) is 7.02. The average Bonchev–Trinajstić information content (AvgIpc) is 2.50. The van der Waals surface area contributed by atoms with Crippen LogP contribution in [-0.4, -0.2) is 36.9 Å². The summed E-state index contributed by atoms with van der Waals surface area (Å²) in [6, 6.07) is 0. The summed E-state index contributed by atoms with van der Waals surface area (Å²) in [4.78, 5) is 22.2. The summed E-state index contributed by atoms with van der Waals surface area (Å²) < 4.78 is 17.5. The van der Waals surface area contributed by atoms with Gasteiger partial charge >= 0.3 is 5.97 Å². The van der Waals surface area contributed by atoms with Crippen LogP contribution in [0, 0.1) is 17.8 Å². The Morgan fingerprint density at radius 3 is 2.50 bits per heavy atom. The zero-order valence-electron chi connectivity index (χ0n) is 14.0. The molecule has 0 aromatic rings. The fourth-order valence-electron chi connectivity index (χ4n) is 3.52. The molecule has 126 valence electrons. The molecule has 2 fully saturated rings. The first-order valence-corrected chi connectivity index (χ1v) is 8.31. The molecular weight excluding hydrogens is 284 g/mol. The molecule has 0 aromatic carbocycles. The minimum atomic E-state index is -0.639. The zero-order valence-corrected chi connectivity index (χ0v) is 14.0. The summed E-state index contributed by atoms with van der Waals surface area (Å²) in [5.41, 5.74) is 0. The molecule has 5 nitrogen and oxygen atoms in total. The van der Waals surface area contributed by atoms with Gasteiger partial charge in [-0.05, 0) is 24.7 Å². The van der Waals surface area contributed by atoms with Gasteiger partial charge in [-0.25, -0.2) is 0 Å². The third-order valence-electron chi connectivity index (χ3n) is 5.03. The molecule has 0 N–H and O–H groups in total. The van der Waals surface area contributed by atoms with Crippen molar-refractivity contribution in [3.63, 3.8) is 0 Å². The molecule has 0 amide bonds. The van der Waals surface area contributed by atoms with Crippen molar-refractivity contribution in [1.82, 2.24) is 0 Å². The lowest BCUT2D eigenvalue weighted by Gasteiger charge is -2.49. The van der Waals surface area contributed by atoms with Crippen LogP contribution in [0.25, 0.3) is 0 Å². The normalized spacial score (nSPS) is 40.2. The fraction of sp³-hybridized carbons (Fsp3) is 0.882. The van der Waals surface area contributed by atoms with Gasteiger partial charge in [0, 0.05) is 25.7 Å². The molecule has 2 aliphatic heterocycles. The Kier molecular flexibility index (Phi) is 5.61. The molecule has 0 bridgehead atoms. The van der Waals surface area contributed by atoms with Gasteiger partial charge in [0.25, 0.3) is 0 Å². The van der Waals surface area contributed by atoms with Gasteiger partial charge in [-0.1, -0.05) is 20.8 Å². The number of carbonyl (C=O) groups excluding carboxylic acids is 2. The topological polar surface area (TPSA) is 61.8 Å². The first kappa shape index (κ1) is 17.4. The molecule has 22 heavy (non-hydrogen) atoms. The Labute approximate surface area is 132 Å². The van der Waals surface area contributed by atoms with Crippen LogP contribution in [-0.2, 0) is 23.8 Å². The van der Waals surface area contributed by atoms with Crippen LogP contribution in [0.3, 0.4) is 0 Å². The zero-order chi connectivity index (χ0) is 16.3. The number of hydrogen-bond acceptors (Lipinski definition) is 5. The third kappa shape index (κ3) is 3.87. The van der Waals surface area contributed by atoms with E-state index in [9.17, 15) is 9.59 Å². The molecule has 0 aromatic heterocycles. The lowest BCUT2D eigenvalue weighted by atomic mass is 9.82. The quantitative estimate of drug-likeness (QED) is 0.590. The number of hydrogen-bond donors (Lipinski definition) is 0. The highest BCUT2D eigenvalue weighted by Gasteiger charge is 2.47. The van der Waals surface area contributed by atoms with E-state index in [0.717, 1.165) is 32.0 Å². The van der Waals surface area contributed by atoms with Crippen molar-refractivity contribution in [2.24, 2.45) is 17.8 Å². The monoisotopic (exact) mass is 312 g/mol. The number of ether oxygens (including phenoxy) is 3. The van der Waals surface area contributed by atoms with Crippen molar-refractivity contribution < 1.29 is 23.8 Å². The first-order chi connectivity index (χ1) is 10.4. The first-order valence-electron chi connectivity index (χ1n) is 8.31. The molecule has 0 radical (unpaired) electrons. The van der Waals surface area contributed by atoms with Crippen LogP contribution in [0.2, 0.25) is 0 Å². The summed E-state index contributed by atoms with van der Waals surface area (Å²) in [6.45, 7) is 8.00. The van der Waals surface area contributed by atoms with Crippen LogP contribution in [0.15, 0.2) is 0 Å². The van der Waals surface area contributed by atoms with Crippen molar-refractivity contribution in [2.75, 3.05) is 6.61 Å². The Balaban J connectivity index is 2.03. The van der Waals surface area contributed by atoms with Gasteiger partial charge in [0.1, 0.15) is 12.4 Å². The van der Waals surface area contributed by atoms with Gasteiger partial charge in [-0.15, -0.1) is 0 Å². The standard InChI is InChI=1S/C17H28O5/c1-11-5-7-17(21-15(11)9-18)8-6-12(2)16(22-17)13(3)10-20-14(4)19/h9,11-13,15-16H,5-8,10H2,1-4H3/t11-,12+,13-,15+,16-,17-/m1/s1. The van der Waals surface area contributed by atoms with E-state index in [4.69, 9.17) is 14.2 Å². The Bertz CT molecular complexity index is 406. The second-order valence-electron chi connectivity index (χ2n) is 7.02. The van der Waals surface area contributed by atoms with Crippen LogP contribution < -0.4 is 0 Å². The van der Waals surface area contributed by atoms with E-state index in [1.54, 1.807) is 0 Å². The number of esters is 1. The van der Waals surface area contributed by atoms with Crippen LogP contribution in [0.5, 0.6) is 0 Å². The molecule has 0 unspecified atom stereocenters. The van der Waals surface area contributed by atoms with E-state index in [-0.39, 0.29) is 30.0 Å². The number of rotatable bonds is 4. The molecular formula is C17H28O5. The maximum absolute atomic E-state index is 11.2. The van der Waals surface area contributed by atoms with Crippen molar-refractivity contribution in [2.45, 2.75) is 71.4 Å². The smallest absolute Gasteiger partial charge is 0.302 e. The molecule has 6 atom stereocenters. The summed E-state index contributed by atoms with van der Waals surface area (Å²) in [5.74, 6) is -0.181. The lowest BCUT2D eigenvalue weighted by Crippen LogP contribution is -2.54. The molecule has 2 rings (SSSR count). The van der Waals surface area contributed by atoms with E-state index >= 15 is 0 Å². The van der Waals surface area contributed by atoms with Gasteiger partial charge in [0.05, 0.1) is 12.7 Å². The summed E-state index contributed by atoms with van der Waals surface area (Å²) in [6.07, 6.45) is 4.06.